The maximum atomic E-state index is 13.4. The van der Waals surface area contributed by atoms with Crippen molar-refractivity contribution in [3.63, 3.8) is 0 Å². The fourth-order valence-corrected chi connectivity index (χ4v) is 5.74. The van der Waals surface area contributed by atoms with E-state index in [4.69, 9.17) is 9.72 Å². The highest BCUT2D eigenvalue weighted by atomic mass is 32.2. The Bertz CT molecular complexity index is 1270. The minimum absolute atomic E-state index is 0.0144. The molecule has 1 aliphatic rings. The molecule has 7 heteroatoms. The number of ether oxygens (including phenoxy) is 1. The summed E-state index contributed by atoms with van der Waals surface area (Å²) >= 11 is 2.80. The standard InChI is InChI=1S/C23H20N2O3S2/c26-18(15-7-2-1-3-8-15)14-29-23-24-20-17-10-4-5-11-19(17)30-21(20)22(27)25(23)13-16-9-6-12-28-16/h1-5,7-8,10-11,16H,6,9,12-14H2/t16-/m1/s1. The molecule has 30 heavy (non-hydrogen) atoms. The Hall–Kier alpha value is -2.48. The molecule has 0 N–H and O–H groups in total. The van der Waals surface area contributed by atoms with Crippen LogP contribution in [-0.2, 0) is 11.3 Å². The summed E-state index contributed by atoms with van der Waals surface area (Å²) in [7, 11) is 0. The predicted octanol–water partition coefficient (Wildman–Crippen LogP) is 4.77. The molecule has 4 aromatic rings. The molecular weight excluding hydrogens is 416 g/mol. The molecule has 0 spiro atoms. The number of thiophene rings is 1. The molecule has 5 rings (SSSR count). The lowest BCUT2D eigenvalue weighted by molar-refractivity contribution is 0.0938. The second-order valence-corrected chi connectivity index (χ2v) is 9.29. The molecule has 1 aliphatic heterocycles. The van der Waals surface area contributed by atoms with Gasteiger partial charge in [0.25, 0.3) is 5.56 Å². The van der Waals surface area contributed by atoms with Gasteiger partial charge >= 0.3 is 0 Å². The van der Waals surface area contributed by atoms with Crippen LogP contribution in [0, 0.1) is 0 Å². The van der Waals surface area contributed by atoms with Gasteiger partial charge in [0.15, 0.2) is 10.9 Å². The van der Waals surface area contributed by atoms with Crippen LogP contribution in [0.3, 0.4) is 0 Å². The molecule has 0 bridgehead atoms. The summed E-state index contributed by atoms with van der Waals surface area (Å²) in [5, 5.41) is 1.56. The fourth-order valence-electron chi connectivity index (χ4n) is 3.75. The summed E-state index contributed by atoms with van der Waals surface area (Å²) in [6.07, 6.45) is 1.96. The molecule has 2 aromatic carbocycles. The van der Waals surface area contributed by atoms with Crippen molar-refractivity contribution in [3.8, 4) is 0 Å². The van der Waals surface area contributed by atoms with E-state index in [1.165, 1.54) is 23.1 Å². The van der Waals surface area contributed by atoms with E-state index in [0.29, 0.717) is 22.0 Å². The Balaban J connectivity index is 1.55. The lowest BCUT2D eigenvalue weighted by Gasteiger charge is -2.15. The maximum Gasteiger partial charge on any atom is 0.272 e. The van der Waals surface area contributed by atoms with E-state index < -0.39 is 0 Å². The second kappa shape index (κ2) is 8.34. The van der Waals surface area contributed by atoms with Crippen LogP contribution in [-0.4, -0.2) is 33.8 Å². The Labute approximate surface area is 181 Å². The summed E-state index contributed by atoms with van der Waals surface area (Å²) < 4.78 is 9.18. The van der Waals surface area contributed by atoms with Crippen LogP contribution in [0.4, 0.5) is 0 Å². The number of Topliss-reactive ketones (excluding diaryl/α,β-unsaturated/α-hetero) is 1. The summed E-state index contributed by atoms with van der Waals surface area (Å²) in [4.78, 5) is 30.9. The van der Waals surface area contributed by atoms with Gasteiger partial charge in [-0.05, 0) is 18.9 Å². The van der Waals surface area contributed by atoms with Crippen molar-refractivity contribution in [3.05, 3.63) is 70.5 Å². The quantitative estimate of drug-likeness (QED) is 0.248. The molecule has 1 saturated heterocycles. The van der Waals surface area contributed by atoms with Gasteiger partial charge in [0.2, 0.25) is 0 Å². The topological polar surface area (TPSA) is 61.2 Å². The van der Waals surface area contributed by atoms with Crippen LogP contribution in [0.2, 0.25) is 0 Å². The highest BCUT2D eigenvalue weighted by molar-refractivity contribution is 7.99. The average molecular weight is 437 g/mol. The molecule has 2 aromatic heterocycles. The summed E-state index contributed by atoms with van der Waals surface area (Å²) in [6.45, 7) is 1.20. The van der Waals surface area contributed by atoms with Crippen molar-refractivity contribution < 1.29 is 9.53 Å². The van der Waals surface area contributed by atoms with Gasteiger partial charge in [0, 0.05) is 22.3 Å². The molecular formula is C23H20N2O3S2. The van der Waals surface area contributed by atoms with E-state index >= 15 is 0 Å². The van der Waals surface area contributed by atoms with Crippen LogP contribution in [0.25, 0.3) is 20.3 Å². The Morgan fingerprint density at radius 2 is 1.97 bits per heavy atom. The number of nitrogens with zero attached hydrogens (tertiary/aromatic N) is 2. The largest absolute Gasteiger partial charge is 0.376 e. The zero-order valence-corrected chi connectivity index (χ0v) is 17.9. The number of hydrogen-bond acceptors (Lipinski definition) is 6. The van der Waals surface area contributed by atoms with E-state index in [2.05, 4.69) is 0 Å². The number of carbonyl (C=O) groups is 1. The predicted molar refractivity (Wildman–Crippen MR) is 122 cm³/mol. The summed E-state index contributed by atoms with van der Waals surface area (Å²) in [5.74, 6) is 0.254. The lowest BCUT2D eigenvalue weighted by atomic mass is 10.2. The molecule has 1 fully saturated rings. The molecule has 0 saturated carbocycles. The van der Waals surface area contributed by atoms with Crippen molar-refractivity contribution >= 4 is 49.2 Å². The number of hydrogen-bond donors (Lipinski definition) is 0. The Morgan fingerprint density at radius 3 is 2.77 bits per heavy atom. The third kappa shape index (κ3) is 3.69. The van der Waals surface area contributed by atoms with Gasteiger partial charge in [-0.3, -0.25) is 14.2 Å². The van der Waals surface area contributed by atoms with Crippen LogP contribution in [0.15, 0.2) is 64.5 Å². The molecule has 1 atom stereocenters. The van der Waals surface area contributed by atoms with Crippen molar-refractivity contribution in [2.45, 2.75) is 30.6 Å². The summed E-state index contributed by atoms with van der Waals surface area (Å²) in [6, 6.07) is 17.2. The smallest absolute Gasteiger partial charge is 0.272 e. The number of rotatable bonds is 6. The number of ketones is 1. The van der Waals surface area contributed by atoms with E-state index in [-0.39, 0.29) is 23.2 Å². The second-order valence-electron chi connectivity index (χ2n) is 7.30. The van der Waals surface area contributed by atoms with Gasteiger partial charge in [-0.15, -0.1) is 11.3 Å². The van der Waals surface area contributed by atoms with Crippen molar-refractivity contribution in [1.82, 2.24) is 9.55 Å². The van der Waals surface area contributed by atoms with E-state index in [1.807, 2.05) is 54.6 Å². The van der Waals surface area contributed by atoms with Crippen molar-refractivity contribution in [1.29, 1.82) is 0 Å². The minimum atomic E-state index is -0.0497. The first-order chi connectivity index (χ1) is 14.7. The Morgan fingerprint density at radius 1 is 1.17 bits per heavy atom. The highest BCUT2D eigenvalue weighted by Gasteiger charge is 2.22. The zero-order valence-electron chi connectivity index (χ0n) is 16.2. The number of carbonyl (C=O) groups excluding carboxylic acids is 1. The molecule has 5 nitrogen and oxygen atoms in total. The van der Waals surface area contributed by atoms with Gasteiger partial charge in [-0.25, -0.2) is 4.98 Å². The van der Waals surface area contributed by atoms with Gasteiger partial charge in [0.05, 0.1) is 23.9 Å². The number of aromatic nitrogens is 2. The SMILES string of the molecule is O=C(CSc1nc2c(sc3ccccc32)c(=O)n1C[C@H]1CCCO1)c1ccccc1. The van der Waals surface area contributed by atoms with Gasteiger partial charge in [0.1, 0.15) is 4.70 Å². The van der Waals surface area contributed by atoms with Crippen molar-refractivity contribution in [2.75, 3.05) is 12.4 Å². The molecule has 3 heterocycles. The Kier molecular flexibility index (Phi) is 5.41. The monoisotopic (exact) mass is 436 g/mol. The van der Waals surface area contributed by atoms with Crippen LogP contribution in [0.1, 0.15) is 23.2 Å². The highest BCUT2D eigenvalue weighted by Crippen LogP contribution is 2.32. The molecule has 0 unspecified atom stereocenters. The van der Waals surface area contributed by atoms with Crippen molar-refractivity contribution in [2.24, 2.45) is 0 Å². The number of benzene rings is 2. The van der Waals surface area contributed by atoms with Gasteiger partial charge in [-0.1, -0.05) is 60.3 Å². The maximum absolute atomic E-state index is 13.4. The minimum Gasteiger partial charge on any atom is -0.376 e. The van der Waals surface area contributed by atoms with Crippen LogP contribution < -0.4 is 5.56 Å². The van der Waals surface area contributed by atoms with Crippen LogP contribution in [0.5, 0.6) is 0 Å². The van der Waals surface area contributed by atoms with Gasteiger partial charge in [-0.2, -0.15) is 0 Å². The number of thioether (sulfide) groups is 1. The fraction of sp³-hybridized carbons (Fsp3) is 0.261. The summed E-state index contributed by atoms with van der Waals surface area (Å²) in [5.41, 5.74) is 1.34. The first-order valence-electron chi connectivity index (χ1n) is 9.95. The van der Waals surface area contributed by atoms with Crippen LogP contribution >= 0.6 is 23.1 Å². The average Bonchev–Trinajstić information content (AvgIpc) is 3.43. The molecule has 0 aliphatic carbocycles. The van der Waals surface area contributed by atoms with E-state index in [0.717, 1.165) is 35.1 Å². The first kappa shape index (κ1) is 19.5. The van der Waals surface area contributed by atoms with Gasteiger partial charge < -0.3 is 4.74 Å². The van der Waals surface area contributed by atoms with E-state index in [9.17, 15) is 9.59 Å². The van der Waals surface area contributed by atoms with E-state index in [1.54, 1.807) is 4.57 Å². The molecule has 0 radical (unpaired) electrons. The zero-order chi connectivity index (χ0) is 20.5. The normalized spacial score (nSPS) is 16.5. The lowest BCUT2D eigenvalue weighted by Crippen LogP contribution is -2.28. The molecule has 0 amide bonds. The first-order valence-corrected chi connectivity index (χ1v) is 11.8. The molecule has 152 valence electrons. The third-order valence-corrected chi connectivity index (χ3v) is 7.41. The third-order valence-electron chi connectivity index (χ3n) is 5.29. The number of fused-ring (bicyclic) bond motifs is 3.